The maximum Gasteiger partial charge on any atom is 0.356 e. The Bertz CT molecular complexity index is 499. The summed E-state index contributed by atoms with van der Waals surface area (Å²) in [5.74, 6) is -0.457. The topological polar surface area (TPSA) is 76.5 Å². The van der Waals surface area contributed by atoms with Crippen LogP contribution in [0.2, 0.25) is 0 Å². The molecule has 1 heterocycles. The minimum Gasteiger partial charge on any atom is -0.481 e. The molecule has 0 atom stereocenters. The fourth-order valence-corrected chi connectivity index (χ4v) is 3.04. The van der Waals surface area contributed by atoms with E-state index in [1.807, 2.05) is 6.07 Å². The summed E-state index contributed by atoms with van der Waals surface area (Å²) in [4.78, 5) is 27.0. The van der Waals surface area contributed by atoms with Crippen LogP contribution in [-0.2, 0) is 9.53 Å². The number of aliphatic carboxylic acids is 1. The number of carbonyl (C=O) groups excluding carboxylic acids is 1. The lowest BCUT2D eigenvalue weighted by molar-refractivity contribution is -0.138. The molecule has 1 aliphatic carbocycles. The highest BCUT2D eigenvalue weighted by Gasteiger charge is 2.44. The number of nitrogens with zero attached hydrogens (tertiary/aromatic N) is 1. The number of carboxylic acids is 1. The molecule has 102 valence electrons. The molecule has 1 N–H and O–H groups in total. The van der Waals surface area contributed by atoms with Gasteiger partial charge in [0.25, 0.3) is 0 Å². The summed E-state index contributed by atoms with van der Waals surface area (Å²) in [6.07, 6.45) is 3.70. The van der Waals surface area contributed by atoms with Crippen LogP contribution in [0.3, 0.4) is 0 Å². The molecule has 1 aromatic rings. The van der Waals surface area contributed by atoms with Crippen LogP contribution in [0, 0.1) is 5.41 Å². The van der Waals surface area contributed by atoms with Crippen LogP contribution in [0.25, 0.3) is 0 Å². The van der Waals surface area contributed by atoms with E-state index in [9.17, 15) is 9.59 Å². The number of hydrogen-bond acceptors (Lipinski definition) is 5. The van der Waals surface area contributed by atoms with E-state index >= 15 is 0 Å². The zero-order valence-corrected chi connectivity index (χ0v) is 11.4. The SMILES string of the molecule is COC(=O)c1cc(SCC2(CC(=O)O)CC2)ccn1. The molecule has 6 heteroatoms. The number of methoxy groups -OCH3 is 1. The lowest BCUT2D eigenvalue weighted by Crippen LogP contribution is -2.11. The van der Waals surface area contributed by atoms with Gasteiger partial charge in [0.05, 0.1) is 13.5 Å². The fraction of sp³-hybridized carbons (Fsp3) is 0.462. The number of esters is 1. The summed E-state index contributed by atoms with van der Waals surface area (Å²) in [6.45, 7) is 0. The van der Waals surface area contributed by atoms with Gasteiger partial charge < -0.3 is 9.84 Å². The summed E-state index contributed by atoms with van der Waals surface area (Å²) in [7, 11) is 1.32. The molecule has 1 saturated carbocycles. The molecule has 0 unspecified atom stereocenters. The van der Waals surface area contributed by atoms with Crippen molar-refractivity contribution in [3.05, 3.63) is 24.0 Å². The third-order valence-corrected chi connectivity index (χ3v) is 4.50. The molecule has 1 fully saturated rings. The van der Waals surface area contributed by atoms with Gasteiger partial charge >= 0.3 is 11.9 Å². The first kappa shape index (κ1) is 13.9. The second-order valence-corrected chi connectivity index (χ2v) is 5.78. The average Bonchev–Trinajstić information content (AvgIpc) is 3.15. The van der Waals surface area contributed by atoms with Gasteiger partial charge in [0.1, 0.15) is 5.69 Å². The Hall–Kier alpha value is -1.56. The highest BCUT2D eigenvalue weighted by Crippen LogP contribution is 2.51. The molecule has 2 rings (SSSR count). The highest BCUT2D eigenvalue weighted by molar-refractivity contribution is 7.99. The Morgan fingerprint density at radius 2 is 2.26 bits per heavy atom. The molecule has 1 aromatic heterocycles. The zero-order chi connectivity index (χ0) is 13.9. The second-order valence-electron chi connectivity index (χ2n) is 4.73. The van der Waals surface area contributed by atoms with E-state index in [1.165, 1.54) is 7.11 Å². The third kappa shape index (κ3) is 3.70. The van der Waals surface area contributed by atoms with E-state index in [0.29, 0.717) is 0 Å². The lowest BCUT2D eigenvalue weighted by Gasteiger charge is -2.11. The van der Waals surface area contributed by atoms with Gasteiger partial charge in [0.2, 0.25) is 0 Å². The van der Waals surface area contributed by atoms with Crippen LogP contribution >= 0.6 is 11.8 Å². The summed E-state index contributed by atoms with van der Waals surface area (Å²) in [6, 6.07) is 3.49. The average molecular weight is 281 g/mol. The predicted molar refractivity (Wildman–Crippen MR) is 70.2 cm³/mol. The van der Waals surface area contributed by atoms with E-state index in [0.717, 1.165) is 23.5 Å². The molecule has 0 aliphatic heterocycles. The third-order valence-electron chi connectivity index (χ3n) is 3.15. The largest absolute Gasteiger partial charge is 0.481 e. The number of aromatic nitrogens is 1. The molecular weight excluding hydrogens is 266 g/mol. The van der Waals surface area contributed by atoms with Crippen molar-refractivity contribution in [1.82, 2.24) is 4.98 Å². The van der Waals surface area contributed by atoms with Gasteiger partial charge in [0.15, 0.2) is 0 Å². The fourth-order valence-electron chi connectivity index (χ4n) is 1.82. The lowest BCUT2D eigenvalue weighted by atomic mass is 10.1. The monoisotopic (exact) mass is 281 g/mol. The summed E-state index contributed by atoms with van der Waals surface area (Å²) >= 11 is 1.56. The smallest absolute Gasteiger partial charge is 0.356 e. The highest BCUT2D eigenvalue weighted by atomic mass is 32.2. The summed E-state index contributed by atoms with van der Waals surface area (Å²) in [5, 5.41) is 8.85. The Kier molecular flexibility index (Phi) is 4.09. The predicted octanol–water partition coefficient (Wildman–Crippen LogP) is 2.22. The zero-order valence-electron chi connectivity index (χ0n) is 10.6. The Labute approximate surface area is 115 Å². The first-order chi connectivity index (χ1) is 9.04. The van der Waals surface area contributed by atoms with Gasteiger partial charge in [-0.25, -0.2) is 9.78 Å². The second kappa shape index (κ2) is 5.61. The van der Waals surface area contributed by atoms with Crippen molar-refractivity contribution >= 4 is 23.7 Å². The molecular formula is C13H15NO4S. The van der Waals surface area contributed by atoms with Crippen LogP contribution < -0.4 is 0 Å². The molecule has 0 saturated heterocycles. The molecule has 0 bridgehead atoms. The summed E-state index contributed by atoms with van der Waals surface area (Å²) < 4.78 is 4.61. The van der Waals surface area contributed by atoms with Crippen molar-refractivity contribution in [1.29, 1.82) is 0 Å². The molecule has 0 amide bonds. The van der Waals surface area contributed by atoms with E-state index in [-0.39, 0.29) is 17.5 Å². The quantitative estimate of drug-likeness (QED) is 0.636. The number of rotatable bonds is 6. The van der Waals surface area contributed by atoms with Crippen LogP contribution in [-0.4, -0.2) is 34.9 Å². The number of ether oxygens (including phenoxy) is 1. The molecule has 19 heavy (non-hydrogen) atoms. The first-order valence-electron chi connectivity index (χ1n) is 5.94. The van der Waals surface area contributed by atoms with Gasteiger partial charge in [-0.2, -0.15) is 0 Å². The van der Waals surface area contributed by atoms with E-state index < -0.39 is 11.9 Å². The van der Waals surface area contributed by atoms with Crippen molar-refractivity contribution in [3.63, 3.8) is 0 Å². The molecule has 0 radical (unpaired) electrons. The Morgan fingerprint density at radius 3 is 2.84 bits per heavy atom. The molecule has 0 aromatic carbocycles. The Balaban J connectivity index is 1.96. The molecule has 5 nitrogen and oxygen atoms in total. The number of carbonyl (C=O) groups is 2. The number of hydrogen-bond donors (Lipinski definition) is 1. The number of carboxylic acid groups (broad SMARTS) is 1. The number of thioether (sulfide) groups is 1. The standard InChI is InChI=1S/C13H15NO4S/c1-18-12(17)10-6-9(2-5-14-10)19-8-13(3-4-13)7-11(15)16/h2,5-6H,3-4,7-8H2,1H3,(H,15,16). The van der Waals surface area contributed by atoms with Crippen molar-refractivity contribution < 1.29 is 19.4 Å². The molecule has 1 aliphatic rings. The maximum atomic E-state index is 11.4. The minimum absolute atomic E-state index is 0.0643. The van der Waals surface area contributed by atoms with Crippen LogP contribution in [0.1, 0.15) is 29.8 Å². The first-order valence-corrected chi connectivity index (χ1v) is 6.92. The van der Waals surface area contributed by atoms with Gasteiger partial charge in [-0.05, 0) is 30.4 Å². The van der Waals surface area contributed by atoms with Gasteiger partial charge in [-0.15, -0.1) is 11.8 Å². The molecule has 0 spiro atoms. The van der Waals surface area contributed by atoms with Crippen molar-refractivity contribution in [2.45, 2.75) is 24.2 Å². The normalized spacial score (nSPS) is 15.8. The van der Waals surface area contributed by atoms with Crippen LogP contribution in [0.4, 0.5) is 0 Å². The van der Waals surface area contributed by atoms with Crippen molar-refractivity contribution in [3.8, 4) is 0 Å². The van der Waals surface area contributed by atoms with E-state index in [2.05, 4.69) is 9.72 Å². The van der Waals surface area contributed by atoms with Crippen LogP contribution in [0.15, 0.2) is 23.2 Å². The van der Waals surface area contributed by atoms with Gasteiger partial charge in [0, 0.05) is 16.8 Å². The van der Waals surface area contributed by atoms with Crippen molar-refractivity contribution in [2.24, 2.45) is 5.41 Å². The summed E-state index contributed by atoms with van der Waals surface area (Å²) in [5.41, 5.74) is 0.209. The van der Waals surface area contributed by atoms with Crippen molar-refractivity contribution in [2.75, 3.05) is 12.9 Å². The van der Waals surface area contributed by atoms with Gasteiger partial charge in [-0.1, -0.05) is 0 Å². The van der Waals surface area contributed by atoms with Gasteiger partial charge in [-0.3, -0.25) is 4.79 Å². The van der Waals surface area contributed by atoms with E-state index in [4.69, 9.17) is 5.11 Å². The number of pyridine rings is 1. The van der Waals surface area contributed by atoms with E-state index in [1.54, 1.807) is 24.0 Å². The van der Waals surface area contributed by atoms with Crippen LogP contribution in [0.5, 0.6) is 0 Å². The minimum atomic E-state index is -0.747. The Morgan fingerprint density at radius 1 is 1.53 bits per heavy atom. The maximum absolute atomic E-state index is 11.4.